The van der Waals surface area contributed by atoms with Gasteiger partial charge < -0.3 is 9.30 Å². The molecule has 1 fully saturated rings. The molecule has 1 aliphatic rings. The van der Waals surface area contributed by atoms with E-state index in [2.05, 4.69) is 42.4 Å². The first-order valence-electron chi connectivity index (χ1n) is 6.01. The van der Waals surface area contributed by atoms with Crippen LogP contribution in [-0.2, 0) is 18.3 Å². The number of nitrogens with zero attached hydrogens (tertiary/aromatic N) is 4. The predicted molar refractivity (Wildman–Crippen MR) is 72.3 cm³/mol. The summed E-state index contributed by atoms with van der Waals surface area (Å²) in [7, 11) is 2.05. The van der Waals surface area contributed by atoms with Crippen molar-refractivity contribution in [2.75, 3.05) is 26.3 Å². The number of ether oxygens (including phenoxy) is 1. The zero-order chi connectivity index (χ0) is 12.5. The smallest absolute Gasteiger partial charge is 0.123 e. The molecule has 1 saturated heterocycles. The lowest BCUT2D eigenvalue weighted by atomic mass is 10.4. The molecule has 18 heavy (non-hydrogen) atoms. The van der Waals surface area contributed by atoms with Gasteiger partial charge in [0.2, 0.25) is 0 Å². The summed E-state index contributed by atoms with van der Waals surface area (Å²) in [5.41, 5.74) is 2.06. The average Bonchev–Trinajstić information content (AvgIpc) is 2.68. The van der Waals surface area contributed by atoms with Crippen LogP contribution in [0.4, 0.5) is 0 Å². The van der Waals surface area contributed by atoms with Gasteiger partial charge >= 0.3 is 0 Å². The van der Waals surface area contributed by atoms with Crippen molar-refractivity contribution in [3.63, 3.8) is 0 Å². The minimum absolute atomic E-state index is 0.817. The molecule has 0 atom stereocenters. The topological polar surface area (TPSA) is 43.2 Å². The minimum Gasteiger partial charge on any atom is -0.379 e. The first-order chi connectivity index (χ1) is 8.74. The highest BCUT2D eigenvalue weighted by molar-refractivity contribution is 9.10. The third kappa shape index (κ3) is 2.28. The second-order valence-electron chi connectivity index (χ2n) is 4.47. The van der Waals surface area contributed by atoms with E-state index in [9.17, 15) is 0 Å². The Morgan fingerprint density at radius 3 is 2.94 bits per heavy atom. The molecule has 2 aromatic heterocycles. The fourth-order valence-corrected chi connectivity index (χ4v) is 2.54. The Morgan fingerprint density at radius 2 is 2.17 bits per heavy atom. The van der Waals surface area contributed by atoms with Crippen LogP contribution < -0.4 is 0 Å². The lowest BCUT2D eigenvalue weighted by Gasteiger charge is -2.26. The molecule has 0 aliphatic carbocycles. The molecule has 6 heteroatoms. The number of aromatic nitrogens is 3. The van der Waals surface area contributed by atoms with Gasteiger partial charge in [0.05, 0.1) is 31.5 Å². The van der Waals surface area contributed by atoms with Crippen molar-refractivity contribution in [1.29, 1.82) is 0 Å². The average molecular weight is 311 g/mol. The molecule has 3 rings (SSSR count). The first-order valence-corrected chi connectivity index (χ1v) is 6.80. The molecule has 0 radical (unpaired) electrons. The molecule has 3 heterocycles. The van der Waals surface area contributed by atoms with Crippen LogP contribution in [0.25, 0.3) is 11.0 Å². The maximum Gasteiger partial charge on any atom is 0.123 e. The molecular formula is C12H15BrN4O. The number of aryl methyl sites for hydroxylation is 1. The largest absolute Gasteiger partial charge is 0.379 e. The Morgan fingerprint density at radius 1 is 1.39 bits per heavy atom. The molecule has 0 bridgehead atoms. The molecule has 0 aromatic carbocycles. The lowest BCUT2D eigenvalue weighted by molar-refractivity contribution is 0.0328. The third-order valence-electron chi connectivity index (χ3n) is 3.30. The van der Waals surface area contributed by atoms with Crippen LogP contribution in [0.1, 0.15) is 5.82 Å². The SMILES string of the molecule is Cn1c(CN2CCOCC2)nc2cnc(Br)cc21. The van der Waals surface area contributed by atoms with Crippen molar-refractivity contribution >= 4 is 27.0 Å². The summed E-state index contributed by atoms with van der Waals surface area (Å²) in [6.07, 6.45) is 1.81. The Labute approximate surface area is 114 Å². The molecule has 0 amide bonds. The van der Waals surface area contributed by atoms with Gasteiger partial charge in [-0.3, -0.25) is 4.90 Å². The van der Waals surface area contributed by atoms with E-state index in [0.29, 0.717) is 0 Å². The third-order valence-corrected chi connectivity index (χ3v) is 3.73. The molecule has 96 valence electrons. The number of rotatable bonds is 2. The summed E-state index contributed by atoms with van der Waals surface area (Å²) in [6, 6.07) is 2.01. The first kappa shape index (κ1) is 12.1. The summed E-state index contributed by atoms with van der Waals surface area (Å²) < 4.78 is 8.34. The number of hydrogen-bond donors (Lipinski definition) is 0. The lowest BCUT2D eigenvalue weighted by Crippen LogP contribution is -2.36. The number of pyridine rings is 1. The van der Waals surface area contributed by atoms with Crippen molar-refractivity contribution in [1.82, 2.24) is 19.4 Å². The highest BCUT2D eigenvalue weighted by Crippen LogP contribution is 2.18. The predicted octanol–water partition coefficient (Wildman–Crippen LogP) is 1.56. The fourth-order valence-electron chi connectivity index (χ4n) is 2.22. The number of fused-ring (bicyclic) bond motifs is 1. The van der Waals surface area contributed by atoms with Crippen molar-refractivity contribution < 1.29 is 4.74 Å². The molecular weight excluding hydrogens is 296 g/mol. The normalized spacial score (nSPS) is 17.4. The van der Waals surface area contributed by atoms with Crippen molar-refractivity contribution in [3.8, 4) is 0 Å². The van der Waals surface area contributed by atoms with Crippen molar-refractivity contribution in [2.24, 2.45) is 7.05 Å². The highest BCUT2D eigenvalue weighted by Gasteiger charge is 2.15. The highest BCUT2D eigenvalue weighted by atomic mass is 79.9. The molecule has 5 nitrogen and oxygen atoms in total. The summed E-state index contributed by atoms with van der Waals surface area (Å²) in [5, 5.41) is 0. The van der Waals surface area contributed by atoms with Crippen molar-refractivity contribution in [3.05, 3.63) is 22.7 Å². The van der Waals surface area contributed by atoms with Gasteiger partial charge in [0.1, 0.15) is 15.9 Å². The van der Waals surface area contributed by atoms with Gasteiger partial charge in [0.25, 0.3) is 0 Å². The van der Waals surface area contributed by atoms with Crippen LogP contribution in [0.2, 0.25) is 0 Å². The number of hydrogen-bond acceptors (Lipinski definition) is 4. The van der Waals surface area contributed by atoms with Crippen LogP contribution in [0, 0.1) is 0 Å². The van der Waals surface area contributed by atoms with Crippen LogP contribution in [0.5, 0.6) is 0 Å². The van der Waals surface area contributed by atoms with Crippen LogP contribution >= 0.6 is 15.9 Å². The Bertz CT molecular complexity index is 562. The number of morpholine rings is 1. The zero-order valence-corrected chi connectivity index (χ0v) is 11.9. The van der Waals surface area contributed by atoms with Crippen LogP contribution in [0.3, 0.4) is 0 Å². The van der Waals surface area contributed by atoms with E-state index in [1.807, 2.05) is 12.3 Å². The summed E-state index contributed by atoms with van der Waals surface area (Å²) in [6.45, 7) is 4.45. The standard InChI is InChI=1S/C12H15BrN4O/c1-16-10-6-11(13)14-7-9(10)15-12(16)8-17-2-4-18-5-3-17/h6-7H,2-5,8H2,1H3. The van der Waals surface area contributed by atoms with E-state index >= 15 is 0 Å². The minimum atomic E-state index is 0.817. The molecule has 0 unspecified atom stereocenters. The summed E-state index contributed by atoms with van der Waals surface area (Å²) in [5.74, 6) is 1.08. The summed E-state index contributed by atoms with van der Waals surface area (Å²) in [4.78, 5) is 11.2. The van der Waals surface area contributed by atoms with Gasteiger partial charge in [-0.1, -0.05) is 0 Å². The van der Waals surface area contributed by atoms with E-state index in [4.69, 9.17) is 4.74 Å². The van der Waals surface area contributed by atoms with Gasteiger partial charge in [-0.15, -0.1) is 0 Å². The monoisotopic (exact) mass is 310 g/mol. The van der Waals surface area contributed by atoms with E-state index in [1.165, 1.54) is 0 Å². The van der Waals surface area contributed by atoms with Crippen molar-refractivity contribution in [2.45, 2.75) is 6.54 Å². The second-order valence-corrected chi connectivity index (χ2v) is 5.28. The Balaban J connectivity index is 1.89. The molecule has 2 aromatic rings. The zero-order valence-electron chi connectivity index (χ0n) is 10.3. The van der Waals surface area contributed by atoms with Crippen LogP contribution in [-0.4, -0.2) is 45.7 Å². The van der Waals surface area contributed by atoms with Gasteiger partial charge in [-0.05, 0) is 22.0 Å². The Hall–Kier alpha value is -0.980. The molecule has 0 spiro atoms. The second kappa shape index (κ2) is 4.95. The molecule has 1 aliphatic heterocycles. The van der Waals surface area contributed by atoms with E-state index in [1.54, 1.807) is 0 Å². The number of halogens is 1. The van der Waals surface area contributed by atoms with E-state index < -0.39 is 0 Å². The van der Waals surface area contributed by atoms with E-state index in [0.717, 1.165) is 54.3 Å². The van der Waals surface area contributed by atoms with Crippen LogP contribution in [0.15, 0.2) is 16.9 Å². The van der Waals surface area contributed by atoms with Gasteiger partial charge in [-0.2, -0.15) is 0 Å². The maximum absolute atomic E-state index is 5.36. The molecule has 0 saturated carbocycles. The maximum atomic E-state index is 5.36. The Kier molecular flexibility index (Phi) is 3.32. The quantitative estimate of drug-likeness (QED) is 0.790. The summed E-state index contributed by atoms with van der Waals surface area (Å²) >= 11 is 3.40. The van der Waals surface area contributed by atoms with Gasteiger partial charge in [-0.25, -0.2) is 9.97 Å². The number of imidazole rings is 1. The van der Waals surface area contributed by atoms with E-state index in [-0.39, 0.29) is 0 Å². The van der Waals surface area contributed by atoms with Gasteiger partial charge in [0.15, 0.2) is 0 Å². The fraction of sp³-hybridized carbons (Fsp3) is 0.500. The molecule has 0 N–H and O–H groups in total. The van der Waals surface area contributed by atoms with Gasteiger partial charge in [0, 0.05) is 20.1 Å².